The van der Waals surface area contributed by atoms with E-state index >= 15 is 0 Å². The van der Waals surface area contributed by atoms with Crippen LogP contribution >= 0.6 is 0 Å². The zero-order valence-electron chi connectivity index (χ0n) is 48.9. The van der Waals surface area contributed by atoms with Crippen LogP contribution in [0.25, 0.3) is 60.6 Å². The average molecular weight is 1140 g/mol. The van der Waals surface area contributed by atoms with Gasteiger partial charge in [-0.25, -0.2) is 0 Å². The number of rotatable bonds is 9. The Morgan fingerprint density at radius 1 is 0.438 bits per heavy atom. The molecule has 2 aliphatic rings. The Labute approximate surface area is 515 Å². The maximum atomic E-state index is 10.4. The van der Waals surface area contributed by atoms with Crippen LogP contribution in [0.2, 0.25) is 0 Å². The fourth-order valence-electron chi connectivity index (χ4n) is 13.5. The van der Waals surface area contributed by atoms with E-state index in [1.54, 1.807) is 0 Å². The van der Waals surface area contributed by atoms with E-state index < -0.39 is 6.71 Å². The summed E-state index contributed by atoms with van der Waals surface area (Å²) < 4.78 is 17.5. The van der Waals surface area contributed by atoms with Crippen LogP contribution in [0.15, 0.2) is 265 Å². The zero-order chi connectivity index (χ0) is 60.1. The van der Waals surface area contributed by atoms with E-state index in [0.29, 0.717) is 28.2 Å². The quantitative estimate of drug-likeness (QED) is 0.132. The third-order valence-electron chi connectivity index (χ3n) is 17.6. The van der Waals surface area contributed by atoms with Crippen molar-refractivity contribution >= 4 is 118 Å². The van der Waals surface area contributed by atoms with Gasteiger partial charge in [-0.2, -0.15) is 15.8 Å². The monoisotopic (exact) mass is 1140 g/mol. The number of fused-ring (bicyclic) bond motifs is 11. The van der Waals surface area contributed by atoms with Gasteiger partial charge < -0.3 is 28.4 Å². The second-order valence-corrected chi connectivity index (χ2v) is 23.8. The molecule has 10 heteroatoms. The van der Waals surface area contributed by atoms with Gasteiger partial charge in [0.05, 0.1) is 68.4 Å². The number of para-hydroxylation sites is 4. The molecule has 0 unspecified atom stereocenters. The van der Waals surface area contributed by atoms with E-state index in [9.17, 15) is 15.8 Å². The van der Waals surface area contributed by atoms with Crippen molar-refractivity contribution in [1.82, 2.24) is 4.57 Å². The standard InChI is InChI=1S/C79H52BN7O2/c1-79(2,3)54-32-40-68-64(42-54)63-41-52(49-83)31-39-67(63)86(68)60-43-70-76-74(45-60)88-73-44-59(84(55-19-9-5-10-20-55)57-33-27-50(47-81)28-34-57)37-38-65(73)80(76)77-71(87(70)66-25-15-13-23-61(66)53-17-7-4-8-18-53)46-69(75-62-24-14-16-26-72(62)89-78(75)77)85(56-21-11-6-12-22-56)58-35-29-51(48-82)30-36-58/h4-46H,1-3H3. The molecular formula is C79H52BN7O2. The number of ether oxygens (including phenoxy) is 1. The number of benzene rings is 12. The van der Waals surface area contributed by atoms with Gasteiger partial charge in [-0.1, -0.05) is 136 Å². The molecule has 0 atom stereocenters. The molecule has 418 valence electrons. The molecule has 0 amide bonds. The lowest BCUT2D eigenvalue weighted by molar-refractivity contribution is 0.487. The maximum Gasteiger partial charge on any atom is 0.261 e. The van der Waals surface area contributed by atoms with Gasteiger partial charge in [0.15, 0.2) is 0 Å². The molecule has 0 spiro atoms. The van der Waals surface area contributed by atoms with Crippen LogP contribution in [-0.4, -0.2) is 11.3 Å². The molecule has 0 aliphatic carbocycles. The predicted octanol–water partition coefficient (Wildman–Crippen LogP) is 18.6. The van der Waals surface area contributed by atoms with Crippen molar-refractivity contribution in [3.8, 4) is 46.5 Å². The van der Waals surface area contributed by atoms with Crippen LogP contribution in [0, 0.1) is 34.0 Å². The number of furan rings is 1. The average Bonchev–Trinajstić information content (AvgIpc) is 1.77. The lowest BCUT2D eigenvalue weighted by atomic mass is 9.34. The van der Waals surface area contributed by atoms with Crippen molar-refractivity contribution < 1.29 is 9.15 Å². The second-order valence-electron chi connectivity index (χ2n) is 23.8. The Morgan fingerprint density at radius 2 is 1.00 bits per heavy atom. The second kappa shape index (κ2) is 20.6. The minimum Gasteiger partial charge on any atom is -0.458 e. The molecule has 9 nitrogen and oxygen atoms in total. The van der Waals surface area contributed by atoms with Crippen molar-refractivity contribution in [2.24, 2.45) is 0 Å². The summed E-state index contributed by atoms with van der Waals surface area (Å²) in [5, 5.41) is 34.4. The molecule has 2 aliphatic heterocycles. The van der Waals surface area contributed by atoms with E-state index in [0.717, 1.165) is 128 Å². The third-order valence-corrected chi connectivity index (χ3v) is 17.6. The zero-order valence-corrected chi connectivity index (χ0v) is 48.9. The van der Waals surface area contributed by atoms with Crippen molar-refractivity contribution in [2.45, 2.75) is 26.2 Å². The molecule has 14 aromatic rings. The molecular weight excluding hydrogens is 1090 g/mol. The van der Waals surface area contributed by atoms with E-state index in [4.69, 9.17) is 9.15 Å². The summed E-state index contributed by atoms with van der Waals surface area (Å²) in [6.45, 7) is 6.24. The molecule has 0 bridgehead atoms. The minimum atomic E-state index is -0.454. The van der Waals surface area contributed by atoms with Crippen molar-refractivity contribution in [3.63, 3.8) is 0 Å². The molecule has 16 rings (SSSR count). The molecule has 0 fully saturated rings. The van der Waals surface area contributed by atoms with Gasteiger partial charge in [0, 0.05) is 73.7 Å². The molecule has 0 saturated carbocycles. The first-order chi connectivity index (χ1) is 43.6. The van der Waals surface area contributed by atoms with E-state index in [1.165, 1.54) is 5.56 Å². The first-order valence-electron chi connectivity index (χ1n) is 29.8. The van der Waals surface area contributed by atoms with Crippen LogP contribution in [0.1, 0.15) is 43.0 Å². The summed E-state index contributed by atoms with van der Waals surface area (Å²) in [6, 6.07) is 96.9. The lowest BCUT2D eigenvalue weighted by Gasteiger charge is -2.42. The summed E-state index contributed by atoms with van der Waals surface area (Å²) in [6.07, 6.45) is 0. The molecule has 12 aromatic carbocycles. The van der Waals surface area contributed by atoms with E-state index in [-0.39, 0.29) is 5.41 Å². The van der Waals surface area contributed by atoms with Gasteiger partial charge in [0.2, 0.25) is 0 Å². The number of anilines is 9. The van der Waals surface area contributed by atoms with Gasteiger partial charge in [0.25, 0.3) is 6.71 Å². The molecule has 4 heterocycles. The van der Waals surface area contributed by atoms with Gasteiger partial charge in [-0.3, -0.25) is 0 Å². The van der Waals surface area contributed by atoms with Crippen molar-refractivity contribution in [1.29, 1.82) is 15.8 Å². The highest BCUT2D eigenvalue weighted by molar-refractivity contribution is 7.00. The third kappa shape index (κ3) is 8.51. The minimum absolute atomic E-state index is 0.142. The Morgan fingerprint density at radius 3 is 1.69 bits per heavy atom. The Bertz CT molecular complexity index is 5320. The van der Waals surface area contributed by atoms with Gasteiger partial charge >= 0.3 is 0 Å². The number of hydrogen-bond acceptors (Lipinski definition) is 8. The van der Waals surface area contributed by atoms with E-state index in [1.807, 2.05) is 91.0 Å². The van der Waals surface area contributed by atoms with Gasteiger partial charge in [-0.15, -0.1) is 0 Å². The van der Waals surface area contributed by atoms with Crippen molar-refractivity contribution in [2.75, 3.05) is 14.7 Å². The molecule has 0 N–H and O–H groups in total. The Hall–Kier alpha value is -12.0. The SMILES string of the molecule is CC(C)(C)c1ccc2c(c1)c1cc(C#N)ccc1n2-c1cc2c3c(c1)N(c1ccccc1-c1ccccc1)c1cc(N(c4ccccc4)c4ccc(C#N)cc4)c4c(oc5ccccc54)c1B3c1ccc(N(c3ccccc3)c3ccc(C#N)cc3)cc1O2. The van der Waals surface area contributed by atoms with Gasteiger partial charge in [0.1, 0.15) is 22.7 Å². The Kier molecular flexibility index (Phi) is 12.2. The highest BCUT2D eigenvalue weighted by atomic mass is 16.5. The number of nitrogens with zero attached hydrogens (tertiary/aromatic N) is 7. The van der Waals surface area contributed by atoms with Gasteiger partial charge in [-0.05, 0) is 166 Å². The largest absolute Gasteiger partial charge is 0.458 e. The summed E-state index contributed by atoms with van der Waals surface area (Å²) >= 11 is 0. The first-order valence-corrected chi connectivity index (χ1v) is 29.8. The number of nitriles is 3. The summed E-state index contributed by atoms with van der Waals surface area (Å²) in [5.41, 5.74) is 20.2. The number of hydrogen-bond donors (Lipinski definition) is 0. The van der Waals surface area contributed by atoms with Crippen LogP contribution in [0.4, 0.5) is 51.2 Å². The van der Waals surface area contributed by atoms with Crippen LogP contribution in [-0.2, 0) is 5.41 Å². The maximum absolute atomic E-state index is 10.4. The fraction of sp³-hybridized carbons (Fsp3) is 0.0506. The predicted molar refractivity (Wildman–Crippen MR) is 362 cm³/mol. The number of aromatic nitrogens is 1. The summed E-state index contributed by atoms with van der Waals surface area (Å²) in [4.78, 5) is 6.91. The highest BCUT2D eigenvalue weighted by Gasteiger charge is 2.46. The molecule has 89 heavy (non-hydrogen) atoms. The van der Waals surface area contributed by atoms with E-state index in [2.05, 4.69) is 228 Å². The lowest BCUT2D eigenvalue weighted by Crippen LogP contribution is -2.59. The molecule has 0 radical (unpaired) electrons. The summed E-state index contributed by atoms with van der Waals surface area (Å²) in [7, 11) is 0. The first kappa shape index (κ1) is 52.5. The topological polar surface area (TPSA) is 108 Å². The highest BCUT2D eigenvalue weighted by Crippen LogP contribution is 2.52. The van der Waals surface area contributed by atoms with Crippen LogP contribution in [0.3, 0.4) is 0 Å². The normalized spacial score (nSPS) is 12.2. The Balaban J connectivity index is 1.05. The fourth-order valence-corrected chi connectivity index (χ4v) is 13.5. The van der Waals surface area contributed by atoms with Crippen molar-refractivity contribution in [3.05, 3.63) is 283 Å². The molecule has 2 aromatic heterocycles. The molecule has 0 saturated heterocycles. The smallest absolute Gasteiger partial charge is 0.261 e. The van der Waals surface area contributed by atoms with Crippen LogP contribution < -0.4 is 35.8 Å². The van der Waals surface area contributed by atoms with Crippen LogP contribution in [0.5, 0.6) is 11.5 Å². The summed E-state index contributed by atoms with van der Waals surface area (Å²) in [5.74, 6) is 1.35.